The van der Waals surface area contributed by atoms with Gasteiger partial charge in [-0.2, -0.15) is 0 Å². The van der Waals surface area contributed by atoms with Crippen LogP contribution in [0.3, 0.4) is 0 Å². The molecule has 0 saturated heterocycles. The summed E-state index contributed by atoms with van der Waals surface area (Å²) in [7, 11) is -3.80. The number of sulfonamides is 1. The summed E-state index contributed by atoms with van der Waals surface area (Å²) in [6.45, 7) is 7.25. The standard InChI is InChI=1S/C20H20BrN3O3S2/c1-11-5-8-17(13(3)9-11)29(26,27)24-20-22-14(4)18(28-20)19(25)23-15-6-7-16(21)12(2)10-15/h5-10H,1-4H3,(H,22,24)(H,23,25). The van der Waals surface area contributed by atoms with Gasteiger partial charge in [0.15, 0.2) is 5.13 Å². The van der Waals surface area contributed by atoms with Crippen LogP contribution in [0, 0.1) is 27.7 Å². The number of carbonyl (C=O) groups excluding carboxylic acids is 1. The van der Waals surface area contributed by atoms with Crippen molar-refractivity contribution in [2.45, 2.75) is 32.6 Å². The fourth-order valence-electron chi connectivity index (χ4n) is 2.83. The van der Waals surface area contributed by atoms with Crippen molar-refractivity contribution < 1.29 is 13.2 Å². The van der Waals surface area contributed by atoms with Crippen molar-refractivity contribution in [2.24, 2.45) is 0 Å². The number of thiazole rings is 1. The molecular weight excluding hydrogens is 474 g/mol. The third-order valence-corrected chi connectivity index (χ3v) is 7.85. The summed E-state index contributed by atoms with van der Waals surface area (Å²) in [6, 6.07) is 10.6. The SMILES string of the molecule is Cc1ccc(S(=O)(=O)Nc2nc(C)c(C(=O)Nc3ccc(Br)c(C)c3)s2)c(C)c1. The maximum Gasteiger partial charge on any atom is 0.267 e. The topological polar surface area (TPSA) is 88.2 Å². The summed E-state index contributed by atoms with van der Waals surface area (Å²) in [5, 5.41) is 2.98. The van der Waals surface area contributed by atoms with Crippen LogP contribution in [0.4, 0.5) is 10.8 Å². The molecule has 3 aromatic rings. The van der Waals surface area contributed by atoms with Gasteiger partial charge in [0.05, 0.1) is 10.6 Å². The Morgan fingerprint density at radius 1 is 1.03 bits per heavy atom. The highest BCUT2D eigenvalue weighted by Gasteiger charge is 2.22. The monoisotopic (exact) mass is 493 g/mol. The lowest BCUT2D eigenvalue weighted by molar-refractivity contribution is 0.103. The molecule has 1 amide bonds. The van der Waals surface area contributed by atoms with Crippen LogP contribution >= 0.6 is 27.3 Å². The van der Waals surface area contributed by atoms with Gasteiger partial charge in [-0.1, -0.05) is 45.0 Å². The first kappa shape index (κ1) is 21.5. The summed E-state index contributed by atoms with van der Waals surface area (Å²) >= 11 is 4.43. The van der Waals surface area contributed by atoms with Gasteiger partial charge in [-0.25, -0.2) is 13.4 Å². The van der Waals surface area contributed by atoms with Gasteiger partial charge in [-0.15, -0.1) is 0 Å². The summed E-state index contributed by atoms with van der Waals surface area (Å²) in [4.78, 5) is 17.4. The zero-order valence-corrected chi connectivity index (χ0v) is 19.5. The minimum Gasteiger partial charge on any atom is -0.321 e. The van der Waals surface area contributed by atoms with E-state index < -0.39 is 10.0 Å². The predicted octanol–water partition coefficient (Wildman–Crippen LogP) is 5.19. The molecule has 152 valence electrons. The molecular formula is C20H20BrN3O3S2. The molecule has 3 rings (SSSR count). The van der Waals surface area contributed by atoms with Crippen LogP contribution < -0.4 is 10.0 Å². The van der Waals surface area contributed by atoms with Crippen LogP contribution in [0.5, 0.6) is 0 Å². The second-order valence-corrected chi connectivity index (χ2v) is 10.2. The van der Waals surface area contributed by atoms with Crippen molar-refractivity contribution in [1.82, 2.24) is 4.98 Å². The number of aryl methyl sites for hydroxylation is 4. The van der Waals surface area contributed by atoms with Crippen LogP contribution in [0.25, 0.3) is 0 Å². The fourth-order valence-corrected chi connectivity index (χ4v) is 5.40. The molecule has 6 nitrogen and oxygen atoms in total. The number of amides is 1. The molecule has 0 fully saturated rings. The summed E-state index contributed by atoms with van der Waals surface area (Å²) < 4.78 is 28.9. The number of nitrogens with one attached hydrogen (secondary N) is 2. The first-order chi connectivity index (χ1) is 13.6. The average Bonchev–Trinajstić information content (AvgIpc) is 2.97. The molecule has 29 heavy (non-hydrogen) atoms. The van der Waals surface area contributed by atoms with Gasteiger partial charge in [0, 0.05) is 10.2 Å². The first-order valence-corrected chi connectivity index (χ1v) is 11.8. The molecule has 0 bridgehead atoms. The number of rotatable bonds is 5. The molecule has 0 aliphatic rings. The zero-order chi connectivity index (χ0) is 21.3. The molecule has 0 atom stereocenters. The van der Waals surface area contributed by atoms with Crippen molar-refractivity contribution >= 4 is 54.0 Å². The number of benzene rings is 2. The Balaban J connectivity index is 1.82. The van der Waals surface area contributed by atoms with E-state index in [1.165, 1.54) is 0 Å². The van der Waals surface area contributed by atoms with Crippen LogP contribution in [0.2, 0.25) is 0 Å². The van der Waals surface area contributed by atoms with Crippen molar-refractivity contribution in [3.05, 3.63) is 68.1 Å². The highest BCUT2D eigenvalue weighted by atomic mass is 79.9. The van der Waals surface area contributed by atoms with Gasteiger partial charge in [0.1, 0.15) is 4.88 Å². The highest BCUT2D eigenvalue weighted by Crippen LogP contribution is 2.28. The quantitative estimate of drug-likeness (QED) is 0.511. The summed E-state index contributed by atoms with van der Waals surface area (Å²) in [6.07, 6.45) is 0. The summed E-state index contributed by atoms with van der Waals surface area (Å²) in [5.74, 6) is -0.335. The predicted molar refractivity (Wildman–Crippen MR) is 120 cm³/mol. The van der Waals surface area contributed by atoms with E-state index in [4.69, 9.17) is 0 Å². The molecule has 0 aliphatic carbocycles. The Hall–Kier alpha value is -2.23. The lowest BCUT2D eigenvalue weighted by atomic mass is 10.2. The van der Waals surface area contributed by atoms with Crippen LogP contribution in [-0.4, -0.2) is 19.3 Å². The lowest BCUT2D eigenvalue weighted by Gasteiger charge is -2.08. The third kappa shape index (κ3) is 4.85. The average molecular weight is 494 g/mol. The van der Waals surface area contributed by atoms with Crippen molar-refractivity contribution in [3.8, 4) is 0 Å². The van der Waals surface area contributed by atoms with Crippen LogP contribution in [-0.2, 0) is 10.0 Å². The normalized spacial score (nSPS) is 11.3. The minimum atomic E-state index is -3.80. The van der Waals surface area contributed by atoms with Gasteiger partial charge in [0.25, 0.3) is 15.9 Å². The second kappa shape index (κ2) is 8.25. The van der Waals surface area contributed by atoms with E-state index in [9.17, 15) is 13.2 Å². The molecule has 1 aromatic heterocycles. The number of anilines is 2. The minimum absolute atomic E-state index is 0.152. The molecule has 0 unspecified atom stereocenters. The number of nitrogens with zero attached hydrogens (tertiary/aromatic N) is 1. The molecule has 0 aliphatic heterocycles. The van der Waals surface area contributed by atoms with E-state index in [1.807, 2.05) is 26.0 Å². The molecule has 1 heterocycles. The van der Waals surface area contributed by atoms with Crippen molar-refractivity contribution in [2.75, 3.05) is 10.0 Å². The van der Waals surface area contributed by atoms with E-state index in [0.717, 1.165) is 26.9 Å². The number of hydrogen-bond acceptors (Lipinski definition) is 5. The van der Waals surface area contributed by atoms with Crippen LogP contribution in [0.15, 0.2) is 45.8 Å². The van der Waals surface area contributed by atoms with Gasteiger partial charge in [-0.3, -0.25) is 9.52 Å². The molecule has 0 spiro atoms. The maximum atomic E-state index is 12.7. The van der Waals surface area contributed by atoms with Crippen molar-refractivity contribution in [1.29, 1.82) is 0 Å². The van der Waals surface area contributed by atoms with Gasteiger partial charge >= 0.3 is 0 Å². The zero-order valence-electron chi connectivity index (χ0n) is 16.3. The Kier molecular flexibility index (Phi) is 6.11. The van der Waals surface area contributed by atoms with E-state index >= 15 is 0 Å². The third-order valence-electron chi connectivity index (χ3n) is 4.26. The number of halogens is 1. The number of aromatic nitrogens is 1. The smallest absolute Gasteiger partial charge is 0.267 e. The molecule has 2 N–H and O–H groups in total. The van der Waals surface area contributed by atoms with Gasteiger partial charge in [0.2, 0.25) is 0 Å². The summed E-state index contributed by atoms with van der Waals surface area (Å²) in [5.41, 5.74) is 3.73. The van der Waals surface area contributed by atoms with E-state index in [0.29, 0.717) is 21.8 Å². The highest BCUT2D eigenvalue weighted by molar-refractivity contribution is 9.10. The number of hydrogen-bond donors (Lipinski definition) is 2. The Labute approximate surface area is 182 Å². The molecule has 9 heteroatoms. The Bertz CT molecular complexity index is 1200. The van der Waals surface area contributed by atoms with Crippen molar-refractivity contribution in [3.63, 3.8) is 0 Å². The molecule has 2 aromatic carbocycles. The van der Waals surface area contributed by atoms with E-state index in [-0.39, 0.29) is 15.9 Å². The van der Waals surface area contributed by atoms with Gasteiger partial charge in [-0.05, 0) is 63.1 Å². The van der Waals surface area contributed by atoms with E-state index in [2.05, 4.69) is 31.0 Å². The largest absolute Gasteiger partial charge is 0.321 e. The van der Waals surface area contributed by atoms with Crippen LogP contribution in [0.1, 0.15) is 32.1 Å². The van der Waals surface area contributed by atoms with Gasteiger partial charge < -0.3 is 5.32 Å². The van der Waals surface area contributed by atoms with E-state index in [1.54, 1.807) is 38.1 Å². The lowest BCUT2D eigenvalue weighted by Crippen LogP contribution is -2.14. The maximum absolute atomic E-state index is 12.7. The molecule has 0 saturated carbocycles. The first-order valence-electron chi connectivity index (χ1n) is 8.72. The Morgan fingerprint density at radius 3 is 2.41 bits per heavy atom. The molecule has 0 radical (unpaired) electrons. The second-order valence-electron chi connectivity index (χ2n) is 6.73. The fraction of sp³-hybridized carbons (Fsp3) is 0.200. The number of carbonyl (C=O) groups is 1. The Morgan fingerprint density at radius 2 is 1.76 bits per heavy atom.